The van der Waals surface area contributed by atoms with E-state index in [0.29, 0.717) is 11.8 Å². The maximum Gasteiger partial charge on any atom is 0.214 e. The van der Waals surface area contributed by atoms with E-state index >= 15 is 0 Å². The summed E-state index contributed by atoms with van der Waals surface area (Å²) in [5.41, 5.74) is 0. The Morgan fingerprint density at radius 1 is 1.35 bits per heavy atom. The third-order valence-corrected chi connectivity index (χ3v) is 3.48. The zero-order valence-electron chi connectivity index (χ0n) is 10.7. The number of halogens is 1. The Hall–Kier alpha value is -0.960. The summed E-state index contributed by atoms with van der Waals surface area (Å²) in [6.07, 6.45) is 2.22. The van der Waals surface area contributed by atoms with Crippen LogP contribution in [0.15, 0.2) is 18.2 Å². The number of methoxy groups -OCH3 is 1. The van der Waals surface area contributed by atoms with Crippen LogP contribution in [-0.2, 0) is 0 Å². The number of nitrogens with zero attached hydrogens (tertiary/aromatic N) is 1. The van der Waals surface area contributed by atoms with E-state index in [9.17, 15) is 0 Å². The summed E-state index contributed by atoms with van der Waals surface area (Å²) >= 11 is 6.35. The largest absolute Gasteiger partial charge is 0.481 e. The minimum Gasteiger partial charge on any atom is -0.481 e. The van der Waals surface area contributed by atoms with Crippen molar-refractivity contribution in [3.8, 4) is 5.88 Å². The van der Waals surface area contributed by atoms with E-state index in [1.54, 1.807) is 7.11 Å². The van der Waals surface area contributed by atoms with Gasteiger partial charge in [0.15, 0.2) is 0 Å². The quantitative estimate of drug-likeness (QED) is 0.758. The van der Waals surface area contributed by atoms with Crippen LogP contribution in [0.4, 0.5) is 5.82 Å². The Kier molecular flexibility index (Phi) is 6.12. The van der Waals surface area contributed by atoms with Crippen LogP contribution < -0.4 is 10.1 Å². The molecule has 1 heterocycles. The van der Waals surface area contributed by atoms with E-state index in [-0.39, 0.29) is 5.38 Å². The van der Waals surface area contributed by atoms with Crippen LogP contribution in [0.5, 0.6) is 5.88 Å². The molecule has 0 bridgehead atoms. The van der Waals surface area contributed by atoms with E-state index < -0.39 is 0 Å². The zero-order valence-corrected chi connectivity index (χ0v) is 11.5. The van der Waals surface area contributed by atoms with Crippen molar-refractivity contribution in [2.24, 2.45) is 5.92 Å². The van der Waals surface area contributed by atoms with Crippen LogP contribution >= 0.6 is 11.6 Å². The summed E-state index contributed by atoms with van der Waals surface area (Å²) in [4.78, 5) is 4.28. The highest BCUT2D eigenvalue weighted by molar-refractivity contribution is 6.21. The van der Waals surface area contributed by atoms with Crippen LogP contribution in [-0.4, -0.2) is 24.0 Å². The molecule has 3 nitrogen and oxygen atoms in total. The van der Waals surface area contributed by atoms with Crippen molar-refractivity contribution in [2.75, 3.05) is 19.0 Å². The van der Waals surface area contributed by atoms with Gasteiger partial charge in [0.1, 0.15) is 5.82 Å². The number of anilines is 1. The molecule has 0 aliphatic carbocycles. The fourth-order valence-electron chi connectivity index (χ4n) is 1.80. The Labute approximate surface area is 109 Å². The molecule has 17 heavy (non-hydrogen) atoms. The summed E-state index contributed by atoms with van der Waals surface area (Å²) in [6.45, 7) is 5.08. The van der Waals surface area contributed by atoms with Crippen molar-refractivity contribution in [2.45, 2.75) is 32.1 Å². The molecule has 0 fully saturated rings. The van der Waals surface area contributed by atoms with Gasteiger partial charge in [0.25, 0.3) is 0 Å². The van der Waals surface area contributed by atoms with E-state index in [2.05, 4.69) is 24.1 Å². The molecule has 1 rings (SSSR count). The third kappa shape index (κ3) is 4.43. The summed E-state index contributed by atoms with van der Waals surface area (Å²) < 4.78 is 5.07. The van der Waals surface area contributed by atoms with Gasteiger partial charge in [-0.1, -0.05) is 32.8 Å². The Balaban J connectivity index is 2.49. The zero-order chi connectivity index (χ0) is 12.7. The Morgan fingerprint density at radius 3 is 2.65 bits per heavy atom. The molecule has 96 valence electrons. The second-order valence-corrected chi connectivity index (χ2v) is 4.60. The van der Waals surface area contributed by atoms with Crippen LogP contribution in [0.25, 0.3) is 0 Å². The van der Waals surface area contributed by atoms with Crippen molar-refractivity contribution < 1.29 is 4.74 Å². The monoisotopic (exact) mass is 256 g/mol. The summed E-state index contributed by atoms with van der Waals surface area (Å²) in [7, 11) is 1.61. The molecule has 1 N–H and O–H groups in total. The minimum atomic E-state index is 0.137. The Bertz CT molecular complexity index is 329. The lowest BCUT2D eigenvalue weighted by Crippen LogP contribution is -2.23. The molecule has 1 atom stereocenters. The second kappa shape index (κ2) is 7.38. The molecule has 1 aromatic heterocycles. The molecule has 1 aromatic rings. The first-order chi connectivity index (χ1) is 8.21. The Morgan fingerprint density at radius 2 is 2.06 bits per heavy atom. The molecule has 0 spiro atoms. The standard InChI is InChI=1S/C13H21ClN2O/c1-4-10(5-2)11(14)9-15-12-7-6-8-13(16-12)17-3/h6-8,10-11H,4-5,9H2,1-3H3,(H,15,16). The number of hydrogen-bond acceptors (Lipinski definition) is 3. The average Bonchev–Trinajstić information content (AvgIpc) is 2.38. The number of rotatable bonds is 7. The van der Waals surface area contributed by atoms with Crippen LogP contribution in [0.3, 0.4) is 0 Å². The van der Waals surface area contributed by atoms with Gasteiger partial charge in [-0.2, -0.15) is 4.98 Å². The van der Waals surface area contributed by atoms with Gasteiger partial charge < -0.3 is 10.1 Å². The first-order valence-corrected chi connectivity index (χ1v) is 6.53. The molecule has 0 amide bonds. The maximum atomic E-state index is 6.35. The van der Waals surface area contributed by atoms with Crippen molar-refractivity contribution in [1.29, 1.82) is 0 Å². The third-order valence-electron chi connectivity index (χ3n) is 2.97. The lowest BCUT2D eigenvalue weighted by atomic mass is 9.99. The van der Waals surface area contributed by atoms with E-state index in [1.807, 2.05) is 18.2 Å². The summed E-state index contributed by atoms with van der Waals surface area (Å²) in [5, 5.41) is 3.38. The van der Waals surface area contributed by atoms with Gasteiger partial charge in [-0.3, -0.25) is 0 Å². The number of hydrogen-bond donors (Lipinski definition) is 1. The smallest absolute Gasteiger partial charge is 0.214 e. The SMILES string of the molecule is CCC(CC)C(Cl)CNc1cccc(OC)n1. The van der Waals surface area contributed by atoms with Crippen molar-refractivity contribution in [3.05, 3.63) is 18.2 Å². The predicted octanol–water partition coefficient (Wildman–Crippen LogP) is 3.55. The van der Waals surface area contributed by atoms with Crippen molar-refractivity contribution >= 4 is 17.4 Å². The van der Waals surface area contributed by atoms with Gasteiger partial charge in [-0.05, 0) is 12.0 Å². The normalized spacial score (nSPS) is 12.5. The molecule has 0 radical (unpaired) electrons. The number of nitrogens with one attached hydrogen (secondary N) is 1. The van der Waals surface area contributed by atoms with Gasteiger partial charge in [0, 0.05) is 12.6 Å². The maximum absolute atomic E-state index is 6.35. The minimum absolute atomic E-state index is 0.137. The van der Waals surface area contributed by atoms with Crippen molar-refractivity contribution in [1.82, 2.24) is 4.98 Å². The molecule has 0 saturated heterocycles. The topological polar surface area (TPSA) is 34.1 Å². The molecular formula is C13H21ClN2O. The molecule has 0 aromatic carbocycles. The lowest BCUT2D eigenvalue weighted by molar-refractivity contribution is 0.398. The number of ether oxygens (including phenoxy) is 1. The van der Waals surface area contributed by atoms with Gasteiger partial charge in [-0.25, -0.2) is 0 Å². The summed E-state index contributed by atoms with van der Waals surface area (Å²) in [6, 6.07) is 5.65. The highest BCUT2D eigenvalue weighted by Gasteiger charge is 2.15. The molecule has 4 heteroatoms. The van der Waals surface area contributed by atoms with Crippen LogP contribution in [0, 0.1) is 5.92 Å². The summed E-state index contributed by atoms with van der Waals surface area (Å²) in [5.74, 6) is 1.97. The van der Waals surface area contributed by atoms with Gasteiger partial charge >= 0.3 is 0 Å². The number of aromatic nitrogens is 1. The molecule has 0 aliphatic rings. The predicted molar refractivity (Wildman–Crippen MR) is 73.0 cm³/mol. The number of alkyl halides is 1. The molecule has 1 unspecified atom stereocenters. The highest BCUT2D eigenvalue weighted by Crippen LogP contribution is 2.19. The first-order valence-electron chi connectivity index (χ1n) is 6.10. The fourth-order valence-corrected chi connectivity index (χ4v) is 2.23. The van der Waals surface area contributed by atoms with E-state index in [0.717, 1.165) is 25.2 Å². The van der Waals surface area contributed by atoms with Gasteiger partial charge in [0.05, 0.1) is 12.5 Å². The van der Waals surface area contributed by atoms with Gasteiger partial charge in [-0.15, -0.1) is 11.6 Å². The number of pyridine rings is 1. The van der Waals surface area contributed by atoms with E-state index in [4.69, 9.17) is 16.3 Å². The lowest BCUT2D eigenvalue weighted by Gasteiger charge is -2.19. The van der Waals surface area contributed by atoms with Gasteiger partial charge in [0.2, 0.25) is 5.88 Å². The van der Waals surface area contributed by atoms with Crippen molar-refractivity contribution in [3.63, 3.8) is 0 Å². The van der Waals surface area contributed by atoms with E-state index in [1.165, 1.54) is 0 Å². The fraction of sp³-hybridized carbons (Fsp3) is 0.615. The van der Waals surface area contributed by atoms with Crippen LogP contribution in [0.1, 0.15) is 26.7 Å². The highest BCUT2D eigenvalue weighted by atomic mass is 35.5. The molecule has 0 saturated carbocycles. The van der Waals surface area contributed by atoms with Crippen LogP contribution in [0.2, 0.25) is 0 Å². The molecular weight excluding hydrogens is 236 g/mol. The first kappa shape index (κ1) is 14.1. The second-order valence-electron chi connectivity index (χ2n) is 4.04. The molecule has 0 aliphatic heterocycles. The average molecular weight is 257 g/mol.